The van der Waals surface area contributed by atoms with Crippen molar-refractivity contribution in [2.45, 2.75) is 19.1 Å². The molecule has 0 saturated heterocycles. The third kappa shape index (κ3) is 5.60. The van der Waals surface area contributed by atoms with E-state index in [9.17, 15) is 0 Å². The highest BCUT2D eigenvalue weighted by Gasteiger charge is 2.05. The molecule has 4 nitrogen and oxygen atoms in total. The average Bonchev–Trinajstić information content (AvgIpc) is 2.40. The zero-order chi connectivity index (χ0) is 13.2. The van der Waals surface area contributed by atoms with Gasteiger partial charge in [0, 0.05) is 27.3 Å². The number of nitrogens with two attached hydrogens (primary N) is 1. The van der Waals surface area contributed by atoms with E-state index in [0.29, 0.717) is 13.2 Å². The Morgan fingerprint density at radius 1 is 1.17 bits per heavy atom. The van der Waals surface area contributed by atoms with Gasteiger partial charge in [-0.15, -0.1) is 0 Å². The van der Waals surface area contributed by atoms with Crippen LogP contribution in [0.5, 0.6) is 0 Å². The van der Waals surface area contributed by atoms with Crippen LogP contribution >= 0.6 is 0 Å². The molecule has 0 aliphatic rings. The molecular formula is C14H24N2O2. The van der Waals surface area contributed by atoms with Crippen LogP contribution in [0.4, 0.5) is 0 Å². The molecule has 0 amide bonds. The Kier molecular flexibility index (Phi) is 7.60. The predicted octanol–water partition coefficient (Wildman–Crippen LogP) is 0.939. The molecule has 0 heterocycles. The molecule has 0 aromatic heterocycles. The van der Waals surface area contributed by atoms with Crippen LogP contribution in [0.1, 0.15) is 11.1 Å². The summed E-state index contributed by atoms with van der Waals surface area (Å²) in [5.41, 5.74) is 8.07. The molecule has 0 aliphatic carbocycles. The number of methoxy groups -OCH3 is 2. The Bertz CT molecular complexity index is 314. The maximum absolute atomic E-state index is 5.52. The highest BCUT2D eigenvalue weighted by molar-refractivity contribution is 5.22. The van der Waals surface area contributed by atoms with Gasteiger partial charge in [-0.05, 0) is 24.1 Å². The summed E-state index contributed by atoms with van der Waals surface area (Å²) in [5.74, 6) is 0. The van der Waals surface area contributed by atoms with Crippen LogP contribution in [0.25, 0.3) is 0 Å². The number of hydrogen-bond acceptors (Lipinski definition) is 4. The van der Waals surface area contributed by atoms with Crippen LogP contribution in [0, 0.1) is 0 Å². The molecule has 0 aliphatic heterocycles. The van der Waals surface area contributed by atoms with Crippen molar-refractivity contribution in [3.8, 4) is 0 Å². The van der Waals surface area contributed by atoms with Gasteiger partial charge < -0.3 is 20.5 Å². The highest BCUT2D eigenvalue weighted by Crippen LogP contribution is 2.04. The van der Waals surface area contributed by atoms with E-state index in [0.717, 1.165) is 19.5 Å². The van der Waals surface area contributed by atoms with Crippen LogP contribution in [0.3, 0.4) is 0 Å². The maximum atomic E-state index is 5.52. The van der Waals surface area contributed by atoms with Gasteiger partial charge >= 0.3 is 0 Å². The molecule has 4 heteroatoms. The minimum absolute atomic E-state index is 0.103. The first-order chi connectivity index (χ1) is 8.80. The second-order valence-electron chi connectivity index (χ2n) is 4.30. The second-order valence-corrected chi connectivity index (χ2v) is 4.30. The monoisotopic (exact) mass is 252 g/mol. The van der Waals surface area contributed by atoms with Gasteiger partial charge in [-0.2, -0.15) is 0 Å². The SMILES string of the molecule is COCC(CNCc1ccc(CCN)cc1)OC. The molecule has 1 rings (SSSR count). The van der Waals surface area contributed by atoms with Gasteiger partial charge in [0.15, 0.2) is 0 Å². The summed E-state index contributed by atoms with van der Waals surface area (Å²) >= 11 is 0. The van der Waals surface area contributed by atoms with Crippen LogP contribution in [-0.4, -0.2) is 40.0 Å². The van der Waals surface area contributed by atoms with Gasteiger partial charge in [-0.1, -0.05) is 24.3 Å². The van der Waals surface area contributed by atoms with E-state index in [-0.39, 0.29) is 6.10 Å². The second kappa shape index (κ2) is 9.05. The number of benzene rings is 1. The maximum Gasteiger partial charge on any atom is 0.0928 e. The highest BCUT2D eigenvalue weighted by atomic mass is 16.5. The number of hydrogen-bond donors (Lipinski definition) is 2. The van der Waals surface area contributed by atoms with E-state index in [2.05, 4.69) is 29.6 Å². The Hall–Kier alpha value is -0.940. The van der Waals surface area contributed by atoms with E-state index in [4.69, 9.17) is 15.2 Å². The lowest BCUT2D eigenvalue weighted by Gasteiger charge is -2.15. The van der Waals surface area contributed by atoms with Gasteiger partial charge in [0.05, 0.1) is 12.7 Å². The summed E-state index contributed by atoms with van der Waals surface area (Å²) in [6.45, 7) is 2.93. The van der Waals surface area contributed by atoms with E-state index < -0.39 is 0 Å². The molecule has 102 valence electrons. The van der Waals surface area contributed by atoms with Crippen molar-refractivity contribution in [3.63, 3.8) is 0 Å². The van der Waals surface area contributed by atoms with Crippen LogP contribution in [0.2, 0.25) is 0 Å². The molecule has 1 atom stereocenters. The summed E-state index contributed by atoms with van der Waals surface area (Å²) in [6, 6.07) is 8.53. The summed E-state index contributed by atoms with van der Waals surface area (Å²) in [4.78, 5) is 0. The van der Waals surface area contributed by atoms with Crippen LogP contribution in [-0.2, 0) is 22.4 Å². The third-order valence-corrected chi connectivity index (χ3v) is 2.84. The smallest absolute Gasteiger partial charge is 0.0928 e. The molecule has 1 aromatic carbocycles. The van der Waals surface area contributed by atoms with Gasteiger partial charge in [-0.25, -0.2) is 0 Å². The minimum Gasteiger partial charge on any atom is -0.382 e. The molecule has 1 aromatic rings. The Labute approximate surface area is 109 Å². The number of nitrogens with one attached hydrogen (secondary N) is 1. The minimum atomic E-state index is 0.103. The Morgan fingerprint density at radius 2 is 1.83 bits per heavy atom. The van der Waals surface area contributed by atoms with Gasteiger partial charge in [0.25, 0.3) is 0 Å². The fraction of sp³-hybridized carbons (Fsp3) is 0.571. The zero-order valence-corrected chi connectivity index (χ0v) is 11.3. The van der Waals surface area contributed by atoms with Crippen molar-refractivity contribution in [1.82, 2.24) is 5.32 Å². The molecule has 0 bridgehead atoms. The normalized spacial score (nSPS) is 12.6. The van der Waals surface area contributed by atoms with Crippen LogP contribution < -0.4 is 11.1 Å². The largest absolute Gasteiger partial charge is 0.382 e. The van der Waals surface area contributed by atoms with Crippen molar-refractivity contribution in [3.05, 3.63) is 35.4 Å². The van der Waals surface area contributed by atoms with Crippen LogP contribution in [0.15, 0.2) is 24.3 Å². The molecule has 1 unspecified atom stereocenters. The van der Waals surface area contributed by atoms with E-state index in [1.807, 2.05) is 0 Å². The zero-order valence-electron chi connectivity index (χ0n) is 11.3. The van der Waals surface area contributed by atoms with Gasteiger partial charge in [0.2, 0.25) is 0 Å². The topological polar surface area (TPSA) is 56.5 Å². The van der Waals surface area contributed by atoms with Crippen molar-refractivity contribution >= 4 is 0 Å². The average molecular weight is 252 g/mol. The summed E-state index contributed by atoms with van der Waals surface area (Å²) < 4.78 is 10.3. The Balaban J connectivity index is 2.30. The van der Waals surface area contributed by atoms with Gasteiger partial charge in [0.1, 0.15) is 0 Å². The molecule has 0 fully saturated rings. The summed E-state index contributed by atoms with van der Waals surface area (Å²) in [6.07, 6.45) is 1.04. The fourth-order valence-electron chi connectivity index (χ4n) is 1.76. The Morgan fingerprint density at radius 3 is 2.39 bits per heavy atom. The van der Waals surface area contributed by atoms with E-state index in [1.54, 1.807) is 14.2 Å². The molecule has 0 saturated carbocycles. The molecule has 3 N–H and O–H groups in total. The lowest BCUT2D eigenvalue weighted by atomic mass is 10.1. The fourth-order valence-corrected chi connectivity index (χ4v) is 1.76. The molecule has 18 heavy (non-hydrogen) atoms. The van der Waals surface area contributed by atoms with E-state index in [1.165, 1.54) is 11.1 Å². The summed E-state index contributed by atoms with van der Waals surface area (Å²) in [5, 5.41) is 3.36. The molecular weight excluding hydrogens is 228 g/mol. The number of rotatable bonds is 9. The van der Waals surface area contributed by atoms with Crippen molar-refractivity contribution in [2.24, 2.45) is 5.73 Å². The lowest BCUT2D eigenvalue weighted by Crippen LogP contribution is -2.31. The molecule has 0 radical (unpaired) electrons. The first kappa shape index (κ1) is 15.1. The van der Waals surface area contributed by atoms with Crippen molar-refractivity contribution in [1.29, 1.82) is 0 Å². The molecule has 0 spiro atoms. The lowest BCUT2D eigenvalue weighted by molar-refractivity contribution is 0.0288. The first-order valence-electron chi connectivity index (χ1n) is 6.30. The van der Waals surface area contributed by atoms with E-state index >= 15 is 0 Å². The van der Waals surface area contributed by atoms with Gasteiger partial charge in [-0.3, -0.25) is 0 Å². The van der Waals surface area contributed by atoms with Crippen molar-refractivity contribution < 1.29 is 9.47 Å². The standard InChI is InChI=1S/C14H24N2O2/c1-17-11-14(18-2)10-16-9-13-5-3-12(4-6-13)7-8-15/h3-6,14,16H,7-11,15H2,1-2H3. The quantitative estimate of drug-likeness (QED) is 0.687. The van der Waals surface area contributed by atoms with Crippen molar-refractivity contribution in [2.75, 3.05) is 33.9 Å². The summed E-state index contributed by atoms with van der Waals surface area (Å²) in [7, 11) is 3.38. The first-order valence-corrected chi connectivity index (χ1v) is 6.30. The predicted molar refractivity (Wildman–Crippen MR) is 73.6 cm³/mol. The third-order valence-electron chi connectivity index (χ3n) is 2.84. The number of ether oxygens (including phenoxy) is 2.